The van der Waals surface area contributed by atoms with E-state index < -0.39 is 0 Å². The van der Waals surface area contributed by atoms with Crippen LogP contribution in [0.4, 0.5) is 0 Å². The van der Waals surface area contributed by atoms with Crippen molar-refractivity contribution in [1.29, 1.82) is 0 Å². The Hall–Kier alpha value is -0.680. The van der Waals surface area contributed by atoms with Crippen LogP contribution in [0.1, 0.15) is 23.7 Å². The van der Waals surface area contributed by atoms with Crippen molar-refractivity contribution in [2.45, 2.75) is 18.1 Å². The highest BCUT2D eigenvalue weighted by Gasteiger charge is 2.32. The van der Waals surface area contributed by atoms with Gasteiger partial charge in [-0.2, -0.15) is 0 Å². The molecule has 0 aromatic heterocycles. The molecule has 2 rings (SSSR count). The Morgan fingerprint density at radius 2 is 2.11 bits per heavy atom. The zero-order valence-corrected chi connectivity index (χ0v) is 13.4. The highest BCUT2D eigenvalue weighted by molar-refractivity contribution is 9.09. The van der Waals surface area contributed by atoms with Crippen LogP contribution in [0.15, 0.2) is 24.3 Å². The highest BCUT2D eigenvalue weighted by Crippen LogP contribution is 2.37. The molecule has 5 heteroatoms. The van der Waals surface area contributed by atoms with Crippen molar-refractivity contribution in [3.05, 3.63) is 29.8 Å². The lowest BCUT2D eigenvalue weighted by molar-refractivity contribution is -0.128. The zero-order chi connectivity index (χ0) is 13.7. The van der Waals surface area contributed by atoms with E-state index >= 15 is 0 Å². The lowest BCUT2D eigenvalue weighted by Gasteiger charge is -2.15. The van der Waals surface area contributed by atoms with Crippen LogP contribution in [0.5, 0.6) is 5.75 Å². The van der Waals surface area contributed by atoms with E-state index in [0.717, 1.165) is 41.9 Å². The van der Waals surface area contributed by atoms with Crippen molar-refractivity contribution >= 4 is 33.6 Å². The Balaban J connectivity index is 1.96. The number of hydrogen-bond donors (Lipinski definition) is 0. The number of carbonyl (C=O) groups excluding carboxylic acids is 1. The van der Waals surface area contributed by atoms with Gasteiger partial charge in [-0.15, -0.1) is 11.8 Å². The molecule has 3 nitrogen and oxygen atoms in total. The number of rotatable bonds is 6. The molecule has 0 saturated carbocycles. The van der Waals surface area contributed by atoms with E-state index in [9.17, 15) is 4.79 Å². The van der Waals surface area contributed by atoms with Crippen LogP contribution in [0.2, 0.25) is 0 Å². The number of amides is 1. The molecule has 1 aromatic rings. The molecule has 1 saturated heterocycles. The topological polar surface area (TPSA) is 29.5 Å². The summed E-state index contributed by atoms with van der Waals surface area (Å²) >= 11 is 5.12. The van der Waals surface area contributed by atoms with E-state index in [-0.39, 0.29) is 11.2 Å². The van der Waals surface area contributed by atoms with Crippen LogP contribution < -0.4 is 4.74 Å². The predicted molar refractivity (Wildman–Crippen MR) is 82.9 cm³/mol. The quantitative estimate of drug-likeness (QED) is 0.585. The minimum absolute atomic E-state index is 0.0464. The molecule has 0 aliphatic carbocycles. The largest absolute Gasteiger partial charge is 0.497 e. The summed E-state index contributed by atoms with van der Waals surface area (Å²) in [5.74, 6) is 1.87. The molecule has 1 aliphatic rings. The van der Waals surface area contributed by atoms with E-state index in [2.05, 4.69) is 15.9 Å². The number of carbonyl (C=O) groups is 1. The molecule has 104 valence electrons. The summed E-state index contributed by atoms with van der Waals surface area (Å²) in [6.07, 6.45) is 2.18. The molecular weight excluding hydrogens is 326 g/mol. The number of alkyl halides is 1. The number of benzene rings is 1. The van der Waals surface area contributed by atoms with Gasteiger partial charge in [-0.1, -0.05) is 28.1 Å². The summed E-state index contributed by atoms with van der Waals surface area (Å²) in [6.45, 7) is 0.865. The maximum absolute atomic E-state index is 12.3. The van der Waals surface area contributed by atoms with Crippen molar-refractivity contribution in [1.82, 2.24) is 4.90 Å². The van der Waals surface area contributed by atoms with Gasteiger partial charge in [0.1, 0.15) is 11.0 Å². The van der Waals surface area contributed by atoms with Gasteiger partial charge in [-0.05, 0) is 30.5 Å². The van der Waals surface area contributed by atoms with E-state index in [0.29, 0.717) is 0 Å². The minimum atomic E-state index is -0.0464. The molecule has 1 amide bonds. The maximum atomic E-state index is 12.3. The van der Waals surface area contributed by atoms with Crippen LogP contribution in [-0.4, -0.2) is 35.7 Å². The molecule has 0 radical (unpaired) electrons. The molecular formula is C14H18BrNO2S. The molecule has 1 aliphatic heterocycles. The Kier molecular flexibility index (Phi) is 5.58. The number of unbranched alkanes of at least 4 members (excludes halogenated alkanes) is 1. The fourth-order valence-corrected chi connectivity index (χ4v) is 3.68. The molecule has 0 bridgehead atoms. The van der Waals surface area contributed by atoms with Crippen molar-refractivity contribution in [2.75, 3.05) is 24.9 Å². The molecule has 0 N–H and O–H groups in total. The van der Waals surface area contributed by atoms with E-state index in [1.807, 2.05) is 29.2 Å². The summed E-state index contributed by atoms with van der Waals surface area (Å²) in [6, 6.07) is 7.79. The molecule has 1 atom stereocenters. The standard InChI is InChI=1S/C14H18BrNO2S/c1-18-12-6-4-11(5-7-12)13-14(17)16(10-19-13)9-3-2-8-15/h4-7,13H,2-3,8-10H2,1H3. The molecule has 1 aromatic carbocycles. The van der Waals surface area contributed by atoms with Gasteiger partial charge >= 0.3 is 0 Å². The Labute approximate surface area is 126 Å². The lowest BCUT2D eigenvalue weighted by atomic mass is 10.1. The molecule has 19 heavy (non-hydrogen) atoms. The van der Waals surface area contributed by atoms with Gasteiger partial charge in [-0.25, -0.2) is 0 Å². The average molecular weight is 344 g/mol. The monoisotopic (exact) mass is 343 g/mol. The fraction of sp³-hybridized carbons (Fsp3) is 0.500. The lowest BCUT2D eigenvalue weighted by Crippen LogP contribution is -2.27. The summed E-state index contributed by atoms with van der Waals surface area (Å²) in [5, 5.41) is 0.958. The third-order valence-electron chi connectivity index (χ3n) is 3.16. The molecule has 1 heterocycles. The van der Waals surface area contributed by atoms with Gasteiger partial charge in [-0.3, -0.25) is 4.79 Å². The summed E-state index contributed by atoms with van der Waals surface area (Å²) < 4.78 is 5.14. The number of thioether (sulfide) groups is 1. The number of hydrogen-bond acceptors (Lipinski definition) is 3. The third-order valence-corrected chi connectivity index (χ3v) is 4.99. The zero-order valence-electron chi connectivity index (χ0n) is 11.0. The highest BCUT2D eigenvalue weighted by atomic mass is 79.9. The van der Waals surface area contributed by atoms with Gasteiger partial charge in [0.05, 0.1) is 13.0 Å². The Bertz CT molecular complexity index is 424. The predicted octanol–water partition coefficient (Wildman–Crippen LogP) is 3.44. The van der Waals surface area contributed by atoms with Crippen LogP contribution >= 0.6 is 27.7 Å². The average Bonchev–Trinajstić information content (AvgIpc) is 2.81. The maximum Gasteiger partial charge on any atom is 0.240 e. The first kappa shape index (κ1) is 14.7. The molecule has 1 fully saturated rings. The summed E-state index contributed by atoms with van der Waals surface area (Å²) in [7, 11) is 1.65. The van der Waals surface area contributed by atoms with Crippen LogP contribution in [0.3, 0.4) is 0 Å². The van der Waals surface area contributed by atoms with E-state index in [1.165, 1.54) is 0 Å². The van der Waals surface area contributed by atoms with Crippen molar-refractivity contribution in [3.8, 4) is 5.75 Å². The SMILES string of the molecule is COc1ccc(C2SCN(CCCCBr)C2=O)cc1. The van der Waals surface area contributed by atoms with Crippen LogP contribution in [0.25, 0.3) is 0 Å². The number of halogens is 1. The number of ether oxygens (including phenoxy) is 1. The second-order valence-electron chi connectivity index (χ2n) is 4.45. The van der Waals surface area contributed by atoms with Gasteiger partial charge in [0.15, 0.2) is 0 Å². The fourth-order valence-electron chi connectivity index (χ4n) is 2.05. The van der Waals surface area contributed by atoms with Crippen LogP contribution in [-0.2, 0) is 4.79 Å². The van der Waals surface area contributed by atoms with Gasteiger partial charge in [0.25, 0.3) is 0 Å². The van der Waals surface area contributed by atoms with Crippen LogP contribution in [0, 0.1) is 0 Å². The first-order valence-electron chi connectivity index (χ1n) is 6.36. The third kappa shape index (κ3) is 3.66. The second-order valence-corrected chi connectivity index (χ2v) is 6.30. The van der Waals surface area contributed by atoms with Crippen molar-refractivity contribution in [3.63, 3.8) is 0 Å². The van der Waals surface area contributed by atoms with Crippen molar-refractivity contribution < 1.29 is 9.53 Å². The minimum Gasteiger partial charge on any atom is -0.497 e. The first-order chi connectivity index (χ1) is 9.26. The Morgan fingerprint density at radius 1 is 1.37 bits per heavy atom. The number of nitrogens with zero attached hydrogens (tertiary/aromatic N) is 1. The first-order valence-corrected chi connectivity index (χ1v) is 8.53. The van der Waals surface area contributed by atoms with E-state index in [1.54, 1.807) is 18.9 Å². The van der Waals surface area contributed by atoms with E-state index in [4.69, 9.17) is 4.74 Å². The second kappa shape index (κ2) is 7.20. The summed E-state index contributed by atoms with van der Waals surface area (Å²) in [4.78, 5) is 14.3. The number of methoxy groups -OCH3 is 1. The Morgan fingerprint density at radius 3 is 2.74 bits per heavy atom. The molecule has 0 spiro atoms. The van der Waals surface area contributed by atoms with Gasteiger partial charge in [0.2, 0.25) is 5.91 Å². The summed E-state index contributed by atoms with van der Waals surface area (Å²) in [5.41, 5.74) is 1.07. The molecule has 1 unspecified atom stereocenters. The van der Waals surface area contributed by atoms with Gasteiger partial charge in [0, 0.05) is 11.9 Å². The smallest absolute Gasteiger partial charge is 0.240 e. The van der Waals surface area contributed by atoms with Gasteiger partial charge < -0.3 is 9.64 Å². The van der Waals surface area contributed by atoms with Crippen molar-refractivity contribution in [2.24, 2.45) is 0 Å². The normalized spacial score (nSPS) is 18.9.